The molecule has 1 atom stereocenters. The molecule has 6 heteroatoms. The first-order valence-electron chi connectivity index (χ1n) is 6.79. The number of nitrogens with two attached hydrogens (primary N) is 1. The monoisotopic (exact) mass is 378 g/mol. The van der Waals surface area contributed by atoms with E-state index in [4.69, 9.17) is 10.5 Å². The molecule has 1 unspecified atom stereocenters. The number of benzene rings is 1. The van der Waals surface area contributed by atoms with Gasteiger partial charge in [0.25, 0.3) is 5.91 Å². The maximum Gasteiger partial charge on any atom is 0.253 e. The topological polar surface area (TPSA) is 64.3 Å². The van der Waals surface area contributed by atoms with Crippen molar-refractivity contribution < 1.29 is 9.53 Å². The van der Waals surface area contributed by atoms with Crippen LogP contribution in [-0.4, -0.2) is 18.6 Å². The molecule has 0 aromatic heterocycles. The van der Waals surface area contributed by atoms with Crippen molar-refractivity contribution in [2.75, 3.05) is 17.7 Å². The molecular weight excluding hydrogens is 356 g/mol. The minimum absolute atomic E-state index is 0. The average Bonchev–Trinajstić information content (AvgIpc) is 2.34. The van der Waals surface area contributed by atoms with Crippen molar-refractivity contribution >= 4 is 45.6 Å². The van der Waals surface area contributed by atoms with E-state index in [1.807, 2.05) is 13.0 Å². The van der Waals surface area contributed by atoms with Crippen LogP contribution in [0.2, 0.25) is 0 Å². The molecule has 0 spiro atoms. The zero-order valence-corrected chi connectivity index (χ0v) is 15.3. The van der Waals surface area contributed by atoms with Crippen molar-refractivity contribution in [3.05, 3.63) is 22.2 Å². The Hall–Kier alpha value is -0.780. The number of aryl methyl sites for hydroxylation is 1. The number of amides is 1. The lowest BCUT2D eigenvalue weighted by Crippen LogP contribution is -2.28. The predicted molar refractivity (Wildman–Crippen MR) is 94.0 cm³/mol. The van der Waals surface area contributed by atoms with Gasteiger partial charge in [-0.1, -0.05) is 29.8 Å². The quantitative estimate of drug-likeness (QED) is 0.730. The highest BCUT2D eigenvalue weighted by molar-refractivity contribution is 9.10. The van der Waals surface area contributed by atoms with Crippen molar-refractivity contribution in [1.29, 1.82) is 0 Å². The molecule has 0 heterocycles. The number of nitrogens with one attached hydrogen (secondary N) is 1. The molecule has 1 aromatic carbocycles. The lowest BCUT2D eigenvalue weighted by Gasteiger charge is -2.16. The second-order valence-corrected chi connectivity index (χ2v) is 6.28. The van der Waals surface area contributed by atoms with Crippen LogP contribution in [0.25, 0.3) is 0 Å². The number of rotatable bonds is 6. The highest BCUT2D eigenvalue weighted by Gasteiger charge is 2.15. The van der Waals surface area contributed by atoms with Crippen LogP contribution < -0.4 is 11.1 Å². The van der Waals surface area contributed by atoms with Gasteiger partial charge in [0.2, 0.25) is 0 Å². The third kappa shape index (κ3) is 6.68. The number of ether oxygens (including phenoxy) is 1. The number of hydrogen-bond acceptors (Lipinski definition) is 3. The smallest absolute Gasteiger partial charge is 0.253 e. The number of hydrogen-bond donors (Lipinski definition) is 2. The number of carbonyl (C=O) groups excluding carboxylic acids is 1. The fourth-order valence-electron chi connectivity index (χ4n) is 1.65. The van der Waals surface area contributed by atoms with Crippen molar-refractivity contribution in [2.24, 2.45) is 5.92 Å². The van der Waals surface area contributed by atoms with Crippen LogP contribution in [0.4, 0.5) is 11.4 Å². The van der Waals surface area contributed by atoms with Gasteiger partial charge in [-0.3, -0.25) is 4.79 Å². The first-order chi connectivity index (χ1) is 9.31. The van der Waals surface area contributed by atoms with Gasteiger partial charge in [0, 0.05) is 11.1 Å². The number of anilines is 2. The highest BCUT2D eigenvalue weighted by Crippen LogP contribution is 2.27. The van der Waals surface area contributed by atoms with Crippen LogP contribution in [0.1, 0.15) is 32.8 Å². The zero-order valence-electron chi connectivity index (χ0n) is 12.9. The molecule has 0 aliphatic carbocycles. The fourth-order valence-corrected chi connectivity index (χ4v) is 2.22. The van der Waals surface area contributed by atoms with Gasteiger partial charge in [-0.2, -0.15) is 0 Å². The zero-order chi connectivity index (χ0) is 15.3. The molecule has 3 N–H and O–H groups in total. The molecule has 1 rings (SSSR count). The van der Waals surface area contributed by atoms with Gasteiger partial charge in [-0.15, -0.1) is 12.4 Å². The molecule has 0 aliphatic heterocycles. The summed E-state index contributed by atoms with van der Waals surface area (Å²) in [6.45, 7) is 8.48. The summed E-state index contributed by atoms with van der Waals surface area (Å²) in [4.78, 5) is 12.1. The lowest BCUT2D eigenvalue weighted by atomic mass is 10.1. The minimum Gasteiger partial charge on any atom is -0.397 e. The molecule has 4 nitrogen and oxygen atoms in total. The second-order valence-electron chi connectivity index (χ2n) is 5.37. The molecule has 1 aromatic rings. The van der Waals surface area contributed by atoms with E-state index in [0.29, 0.717) is 23.9 Å². The van der Waals surface area contributed by atoms with Gasteiger partial charge in [-0.25, -0.2) is 0 Å². The first kappa shape index (κ1) is 20.2. The Morgan fingerprint density at radius 1 is 1.38 bits per heavy atom. The van der Waals surface area contributed by atoms with E-state index in [1.165, 1.54) is 0 Å². The summed E-state index contributed by atoms with van der Waals surface area (Å²) in [5.74, 6) is 0.381. The Bertz CT molecular complexity index is 481. The number of nitrogen functional groups attached to an aromatic ring is 1. The Kier molecular flexibility index (Phi) is 8.94. The lowest BCUT2D eigenvalue weighted by molar-refractivity contribution is -0.126. The van der Waals surface area contributed by atoms with E-state index in [9.17, 15) is 4.79 Å². The van der Waals surface area contributed by atoms with Crippen LogP contribution in [0, 0.1) is 12.8 Å². The standard InChI is InChI=1S/C15H23BrN2O2.ClH/c1-9(2)5-6-20-11(4)15(19)18-13-8-12(16)7-10(3)14(13)17;/h7-9,11H,5-6,17H2,1-4H3,(H,18,19);1H. The van der Waals surface area contributed by atoms with E-state index in [2.05, 4.69) is 35.1 Å². The third-order valence-electron chi connectivity index (χ3n) is 3.04. The molecule has 120 valence electrons. The Morgan fingerprint density at radius 2 is 2.00 bits per heavy atom. The van der Waals surface area contributed by atoms with E-state index < -0.39 is 6.10 Å². The van der Waals surface area contributed by atoms with Gasteiger partial charge >= 0.3 is 0 Å². The SMILES string of the molecule is Cc1cc(Br)cc(NC(=O)C(C)OCCC(C)C)c1N.Cl. The first-order valence-corrected chi connectivity index (χ1v) is 7.58. The Morgan fingerprint density at radius 3 is 2.57 bits per heavy atom. The van der Waals surface area contributed by atoms with Gasteiger partial charge in [0.1, 0.15) is 6.10 Å². The van der Waals surface area contributed by atoms with Crippen molar-refractivity contribution in [3.8, 4) is 0 Å². The third-order valence-corrected chi connectivity index (χ3v) is 3.50. The minimum atomic E-state index is -0.493. The summed E-state index contributed by atoms with van der Waals surface area (Å²) in [5.41, 5.74) is 8.07. The molecule has 1 amide bonds. The van der Waals surface area contributed by atoms with Gasteiger partial charge < -0.3 is 15.8 Å². The van der Waals surface area contributed by atoms with Crippen LogP contribution >= 0.6 is 28.3 Å². The molecular formula is C15H24BrClN2O2. The van der Waals surface area contributed by atoms with Crippen LogP contribution in [0.5, 0.6) is 0 Å². The van der Waals surface area contributed by atoms with E-state index >= 15 is 0 Å². The number of halogens is 2. The van der Waals surface area contributed by atoms with Crippen molar-refractivity contribution in [3.63, 3.8) is 0 Å². The summed E-state index contributed by atoms with van der Waals surface area (Å²) in [5, 5.41) is 2.81. The van der Waals surface area contributed by atoms with Crippen LogP contribution in [-0.2, 0) is 9.53 Å². The maximum absolute atomic E-state index is 12.1. The van der Waals surface area contributed by atoms with Crippen LogP contribution in [0.3, 0.4) is 0 Å². The average molecular weight is 380 g/mol. The maximum atomic E-state index is 12.1. The highest BCUT2D eigenvalue weighted by atomic mass is 79.9. The molecule has 0 fully saturated rings. The molecule has 0 aliphatic rings. The Labute approximate surface area is 141 Å². The van der Waals surface area contributed by atoms with Gasteiger partial charge in [0.15, 0.2) is 0 Å². The summed E-state index contributed by atoms with van der Waals surface area (Å²) >= 11 is 3.39. The molecule has 0 saturated heterocycles. The largest absolute Gasteiger partial charge is 0.397 e. The van der Waals surface area contributed by atoms with E-state index in [1.54, 1.807) is 13.0 Å². The van der Waals surface area contributed by atoms with Crippen molar-refractivity contribution in [2.45, 2.75) is 40.2 Å². The van der Waals surface area contributed by atoms with Gasteiger partial charge in [-0.05, 0) is 43.9 Å². The summed E-state index contributed by atoms with van der Waals surface area (Å²) < 4.78 is 6.40. The summed E-state index contributed by atoms with van der Waals surface area (Å²) in [7, 11) is 0. The number of carbonyl (C=O) groups is 1. The van der Waals surface area contributed by atoms with Gasteiger partial charge in [0.05, 0.1) is 11.4 Å². The molecule has 0 bridgehead atoms. The molecule has 0 radical (unpaired) electrons. The second kappa shape index (κ2) is 9.28. The fraction of sp³-hybridized carbons (Fsp3) is 0.533. The van der Waals surface area contributed by atoms with Crippen molar-refractivity contribution in [1.82, 2.24) is 0 Å². The van der Waals surface area contributed by atoms with Crippen LogP contribution in [0.15, 0.2) is 16.6 Å². The normalized spacial score (nSPS) is 11.9. The Balaban J connectivity index is 0.00000400. The molecule has 21 heavy (non-hydrogen) atoms. The van der Waals surface area contributed by atoms with E-state index in [-0.39, 0.29) is 18.3 Å². The summed E-state index contributed by atoms with van der Waals surface area (Å²) in [6.07, 6.45) is 0.447. The molecule has 0 saturated carbocycles. The van der Waals surface area contributed by atoms with E-state index in [0.717, 1.165) is 16.5 Å². The summed E-state index contributed by atoms with van der Waals surface area (Å²) in [6, 6.07) is 3.70. The predicted octanol–water partition coefficient (Wildman–Crippen LogP) is 4.15.